The van der Waals surface area contributed by atoms with Crippen LogP contribution in [-0.4, -0.2) is 18.3 Å². The zero-order valence-electron chi connectivity index (χ0n) is 8.06. The maximum Gasteiger partial charge on any atom is 0.248 e. The van der Waals surface area contributed by atoms with Gasteiger partial charge in [0, 0.05) is 25.3 Å². The number of nitrogens with two attached hydrogens (primary N) is 1. The Labute approximate surface area is 77.2 Å². The lowest BCUT2D eigenvalue weighted by Crippen LogP contribution is -2.37. The van der Waals surface area contributed by atoms with E-state index >= 15 is 0 Å². The summed E-state index contributed by atoms with van der Waals surface area (Å²) in [4.78, 5) is 4.07. The maximum absolute atomic E-state index is 12.4. The molecule has 0 aromatic carbocycles. The van der Waals surface area contributed by atoms with Crippen molar-refractivity contribution in [2.75, 3.05) is 6.54 Å². The third-order valence-corrected chi connectivity index (χ3v) is 2.30. The van der Waals surface area contributed by atoms with Crippen LogP contribution in [0.5, 0.6) is 0 Å². The zero-order valence-corrected chi connectivity index (χ0v) is 8.06. The summed E-state index contributed by atoms with van der Waals surface area (Å²) in [5.41, 5.74) is 5.57. The largest absolute Gasteiger partial charge is 0.387 e. The van der Waals surface area contributed by atoms with Crippen LogP contribution in [0.3, 0.4) is 0 Å². The third-order valence-electron chi connectivity index (χ3n) is 2.30. The van der Waals surface area contributed by atoms with Gasteiger partial charge in [0.2, 0.25) is 5.92 Å². The van der Waals surface area contributed by atoms with Crippen molar-refractivity contribution in [3.8, 4) is 0 Å². The van der Waals surface area contributed by atoms with E-state index in [4.69, 9.17) is 5.73 Å². The van der Waals surface area contributed by atoms with Gasteiger partial charge in [-0.15, -0.1) is 0 Å². The number of alkyl halides is 2. The Bertz CT molecular complexity index is 204. The minimum Gasteiger partial charge on any atom is -0.387 e. The lowest BCUT2D eigenvalue weighted by Gasteiger charge is -2.33. The quantitative estimate of drug-likeness (QED) is 0.536. The van der Waals surface area contributed by atoms with E-state index in [9.17, 15) is 8.78 Å². The van der Waals surface area contributed by atoms with Gasteiger partial charge in [-0.05, 0) is 5.92 Å². The number of nitrogens with zero attached hydrogens (tertiary/aromatic N) is 1. The monoisotopic (exact) mass is 190 g/mol. The smallest absolute Gasteiger partial charge is 0.248 e. The second-order valence-electron chi connectivity index (χ2n) is 4.05. The molecule has 0 aromatic rings. The standard InChI is InChI=1S/C9H16F2N2/c1-6(2)8(12)13-5-7-3-9(10,11)4-7/h6-7H,3-5H2,1-2H3,(H2,12,13). The first-order valence-corrected chi connectivity index (χ1v) is 4.58. The van der Waals surface area contributed by atoms with E-state index in [1.165, 1.54) is 0 Å². The molecule has 0 aliphatic heterocycles. The van der Waals surface area contributed by atoms with E-state index in [2.05, 4.69) is 4.99 Å². The molecule has 1 fully saturated rings. The number of halogens is 2. The highest BCUT2D eigenvalue weighted by molar-refractivity contribution is 5.82. The minimum absolute atomic E-state index is 0.0259. The zero-order chi connectivity index (χ0) is 10.1. The van der Waals surface area contributed by atoms with Crippen molar-refractivity contribution in [2.24, 2.45) is 22.6 Å². The maximum atomic E-state index is 12.4. The molecule has 0 spiro atoms. The van der Waals surface area contributed by atoms with Crippen molar-refractivity contribution in [1.82, 2.24) is 0 Å². The van der Waals surface area contributed by atoms with E-state index in [1.807, 2.05) is 13.8 Å². The van der Waals surface area contributed by atoms with Gasteiger partial charge >= 0.3 is 0 Å². The van der Waals surface area contributed by atoms with Crippen LogP contribution in [0.25, 0.3) is 0 Å². The fourth-order valence-electron chi connectivity index (χ4n) is 1.33. The minimum atomic E-state index is -2.44. The normalized spacial score (nSPS) is 23.3. The lowest BCUT2D eigenvalue weighted by atomic mass is 9.81. The summed E-state index contributed by atoms with van der Waals surface area (Å²) < 4.78 is 24.8. The van der Waals surface area contributed by atoms with Gasteiger partial charge < -0.3 is 5.73 Å². The summed E-state index contributed by atoms with van der Waals surface area (Å²) in [6.45, 7) is 4.34. The Morgan fingerprint density at radius 3 is 2.46 bits per heavy atom. The Balaban J connectivity index is 2.25. The average Bonchev–Trinajstić information content (AvgIpc) is 1.95. The summed E-state index contributed by atoms with van der Waals surface area (Å²) in [5.74, 6) is -1.63. The number of hydrogen-bond donors (Lipinski definition) is 1. The van der Waals surface area contributed by atoms with Gasteiger partial charge in [0.05, 0.1) is 5.84 Å². The van der Waals surface area contributed by atoms with E-state index in [1.54, 1.807) is 0 Å². The lowest BCUT2D eigenvalue weighted by molar-refractivity contribution is -0.107. The van der Waals surface area contributed by atoms with E-state index in [-0.39, 0.29) is 24.7 Å². The molecule has 1 aliphatic carbocycles. The Hall–Kier alpha value is -0.670. The first-order valence-electron chi connectivity index (χ1n) is 4.58. The predicted octanol–water partition coefficient (Wildman–Crippen LogP) is 2.04. The number of hydrogen-bond acceptors (Lipinski definition) is 1. The Kier molecular flexibility index (Phi) is 2.88. The molecule has 4 heteroatoms. The molecule has 1 saturated carbocycles. The highest BCUT2D eigenvalue weighted by atomic mass is 19.3. The molecule has 0 saturated heterocycles. The van der Waals surface area contributed by atoms with E-state index < -0.39 is 5.92 Å². The van der Waals surface area contributed by atoms with Crippen LogP contribution < -0.4 is 5.73 Å². The van der Waals surface area contributed by atoms with Crippen LogP contribution in [0, 0.1) is 11.8 Å². The van der Waals surface area contributed by atoms with Gasteiger partial charge in [0.1, 0.15) is 0 Å². The summed E-state index contributed by atoms with van der Waals surface area (Å²) in [6.07, 6.45) is -0.0518. The van der Waals surface area contributed by atoms with Crippen molar-refractivity contribution in [3.63, 3.8) is 0 Å². The first-order chi connectivity index (χ1) is 5.91. The Morgan fingerprint density at radius 2 is 2.08 bits per heavy atom. The molecule has 0 bridgehead atoms. The molecule has 2 nitrogen and oxygen atoms in total. The molecular weight excluding hydrogens is 174 g/mol. The van der Waals surface area contributed by atoms with Crippen molar-refractivity contribution in [3.05, 3.63) is 0 Å². The molecule has 0 atom stereocenters. The number of amidine groups is 1. The van der Waals surface area contributed by atoms with Gasteiger partial charge in [-0.2, -0.15) is 0 Å². The van der Waals surface area contributed by atoms with Gasteiger partial charge in [-0.25, -0.2) is 8.78 Å². The van der Waals surface area contributed by atoms with Crippen LogP contribution in [-0.2, 0) is 0 Å². The van der Waals surface area contributed by atoms with Gasteiger partial charge in [0.25, 0.3) is 0 Å². The first kappa shape index (κ1) is 10.4. The fourth-order valence-corrected chi connectivity index (χ4v) is 1.33. The second-order valence-corrected chi connectivity index (χ2v) is 4.05. The second kappa shape index (κ2) is 3.60. The van der Waals surface area contributed by atoms with Crippen LogP contribution in [0.15, 0.2) is 4.99 Å². The van der Waals surface area contributed by atoms with Crippen LogP contribution in [0.4, 0.5) is 8.78 Å². The number of rotatable bonds is 3. The summed E-state index contributed by atoms with van der Waals surface area (Å²) in [6, 6.07) is 0. The van der Waals surface area contributed by atoms with Crippen LogP contribution >= 0.6 is 0 Å². The van der Waals surface area contributed by atoms with Gasteiger partial charge in [-0.3, -0.25) is 4.99 Å². The summed E-state index contributed by atoms with van der Waals surface area (Å²) >= 11 is 0. The molecule has 0 heterocycles. The molecule has 76 valence electrons. The van der Waals surface area contributed by atoms with Crippen molar-refractivity contribution in [1.29, 1.82) is 0 Å². The molecule has 1 rings (SSSR count). The van der Waals surface area contributed by atoms with Crippen molar-refractivity contribution in [2.45, 2.75) is 32.6 Å². The molecule has 0 unspecified atom stereocenters. The topological polar surface area (TPSA) is 38.4 Å². The molecule has 13 heavy (non-hydrogen) atoms. The molecule has 0 aromatic heterocycles. The van der Waals surface area contributed by atoms with E-state index in [0.29, 0.717) is 12.4 Å². The summed E-state index contributed by atoms with van der Waals surface area (Å²) in [7, 11) is 0. The predicted molar refractivity (Wildman–Crippen MR) is 49.0 cm³/mol. The van der Waals surface area contributed by atoms with Gasteiger partial charge in [-0.1, -0.05) is 13.8 Å². The fraction of sp³-hybridized carbons (Fsp3) is 0.889. The molecule has 0 amide bonds. The third kappa shape index (κ3) is 2.94. The average molecular weight is 190 g/mol. The highest BCUT2D eigenvalue weighted by Crippen LogP contribution is 2.42. The molecular formula is C9H16F2N2. The van der Waals surface area contributed by atoms with Crippen LogP contribution in [0.1, 0.15) is 26.7 Å². The summed E-state index contributed by atoms with van der Waals surface area (Å²) in [5, 5.41) is 0. The van der Waals surface area contributed by atoms with Crippen molar-refractivity contribution >= 4 is 5.84 Å². The van der Waals surface area contributed by atoms with Crippen LogP contribution in [0.2, 0.25) is 0 Å². The molecule has 0 radical (unpaired) electrons. The van der Waals surface area contributed by atoms with E-state index in [0.717, 1.165) is 0 Å². The van der Waals surface area contributed by atoms with Gasteiger partial charge in [0.15, 0.2) is 0 Å². The van der Waals surface area contributed by atoms with Crippen molar-refractivity contribution < 1.29 is 8.78 Å². The SMILES string of the molecule is CC(C)C(N)=NCC1CC(F)(F)C1. The number of aliphatic imine (C=N–C) groups is 1. The highest BCUT2D eigenvalue weighted by Gasteiger charge is 2.44. The molecule has 2 N–H and O–H groups in total. The molecule has 1 aliphatic rings. The Morgan fingerprint density at radius 1 is 1.54 bits per heavy atom.